The summed E-state index contributed by atoms with van der Waals surface area (Å²) >= 11 is 0. The van der Waals surface area contributed by atoms with Crippen LogP contribution in [0.2, 0.25) is 0 Å². The lowest BCUT2D eigenvalue weighted by Crippen LogP contribution is -1.83. The van der Waals surface area contributed by atoms with Crippen molar-refractivity contribution in [3.05, 3.63) is 0 Å². The Labute approximate surface area is 99.9 Å². The van der Waals surface area contributed by atoms with Crippen LogP contribution < -0.4 is 0 Å². The third-order valence-electron chi connectivity index (χ3n) is 1.49. The molecule has 96 valence electrons. The molecule has 1 saturated carbocycles. The molecule has 0 heterocycles. The fraction of sp³-hybridized carbons (Fsp3) is 1.00. The molecule has 0 atom stereocenters. The van der Waals surface area contributed by atoms with Gasteiger partial charge >= 0.3 is 0 Å². The van der Waals surface area contributed by atoms with Crippen molar-refractivity contribution in [1.29, 1.82) is 0 Å². The molecule has 0 aromatic rings. The molecule has 0 saturated heterocycles. The monoisotopic (exact) mass is 216 g/mol. The van der Waals surface area contributed by atoms with E-state index in [1.54, 1.807) is 0 Å². The van der Waals surface area contributed by atoms with Crippen LogP contribution in [0.1, 0.15) is 93.4 Å². The van der Waals surface area contributed by atoms with Gasteiger partial charge in [-0.3, -0.25) is 0 Å². The fourth-order valence-electron chi connectivity index (χ4n) is 0.612. The predicted octanol–water partition coefficient (Wildman–Crippen LogP) is 6.45. The third kappa shape index (κ3) is 80.6. The predicted molar refractivity (Wildman–Crippen MR) is 75.5 cm³/mol. The molecule has 1 aliphatic carbocycles. The molecule has 0 radical (unpaired) electrons. The Balaban J connectivity index is -0.000000149. The van der Waals surface area contributed by atoms with E-state index in [1.807, 2.05) is 13.8 Å². The highest BCUT2D eigenvalue weighted by Crippen LogP contribution is 2.14. The van der Waals surface area contributed by atoms with Gasteiger partial charge in [-0.25, -0.2) is 0 Å². The van der Waals surface area contributed by atoms with Gasteiger partial charge < -0.3 is 0 Å². The molecule has 1 aliphatic rings. The Kier molecular flexibility index (Phi) is 32.2. The molecule has 0 bridgehead atoms. The largest absolute Gasteiger partial charge is 0.0683 e. The molecule has 0 heteroatoms. The SMILES string of the molecule is C1CC1.CC.CCC.CCCCC(C)C. The van der Waals surface area contributed by atoms with Crippen molar-refractivity contribution < 1.29 is 0 Å². The summed E-state index contributed by atoms with van der Waals surface area (Å²) in [6, 6.07) is 0. The molecular weight excluding hydrogens is 180 g/mol. The first-order chi connectivity index (χ1) is 7.18. The first-order valence-corrected chi connectivity index (χ1v) is 7.18. The van der Waals surface area contributed by atoms with Crippen LogP contribution in [-0.2, 0) is 0 Å². The summed E-state index contributed by atoms with van der Waals surface area (Å²) in [5.41, 5.74) is 0. The molecule has 1 rings (SSSR count). The summed E-state index contributed by atoms with van der Waals surface area (Å²) in [6.07, 6.45) is 9.90. The zero-order chi connectivity index (χ0) is 12.5. The lowest BCUT2D eigenvalue weighted by atomic mass is 10.1. The van der Waals surface area contributed by atoms with Crippen molar-refractivity contribution in [3.8, 4) is 0 Å². The van der Waals surface area contributed by atoms with Crippen LogP contribution >= 0.6 is 0 Å². The Morgan fingerprint density at radius 1 is 0.867 bits per heavy atom. The van der Waals surface area contributed by atoms with Crippen LogP contribution in [0.3, 0.4) is 0 Å². The summed E-state index contributed by atoms with van der Waals surface area (Å²) < 4.78 is 0. The van der Waals surface area contributed by atoms with E-state index in [0.29, 0.717) is 0 Å². The maximum absolute atomic E-state index is 2.27. The summed E-state index contributed by atoms with van der Waals surface area (Å²) in [4.78, 5) is 0. The van der Waals surface area contributed by atoms with E-state index in [1.165, 1.54) is 44.9 Å². The van der Waals surface area contributed by atoms with Gasteiger partial charge in [0.1, 0.15) is 0 Å². The van der Waals surface area contributed by atoms with Crippen LogP contribution in [0.5, 0.6) is 0 Å². The van der Waals surface area contributed by atoms with Gasteiger partial charge in [-0.2, -0.15) is 0 Å². The van der Waals surface area contributed by atoms with Gasteiger partial charge in [0, 0.05) is 0 Å². The van der Waals surface area contributed by atoms with Crippen molar-refractivity contribution in [3.63, 3.8) is 0 Å². The van der Waals surface area contributed by atoms with E-state index >= 15 is 0 Å². The van der Waals surface area contributed by atoms with E-state index in [2.05, 4.69) is 34.6 Å². The third-order valence-corrected chi connectivity index (χ3v) is 1.49. The normalized spacial score (nSPS) is 11.2. The Morgan fingerprint density at radius 3 is 1.27 bits per heavy atom. The number of hydrogen-bond acceptors (Lipinski definition) is 0. The van der Waals surface area contributed by atoms with Gasteiger partial charge in [-0.15, -0.1) is 0 Å². The smallest absolute Gasteiger partial charge is 0.0471 e. The fourth-order valence-corrected chi connectivity index (χ4v) is 0.612. The van der Waals surface area contributed by atoms with Crippen LogP contribution in [-0.4, -0.2) is 0 Å². The molecule has 15 heavy (non-hydrogen) atoms. The minimum absolute atomic E-state index is 0.903. The van der Waals surface area contributed by atoms with Gasteiger partial charge in [0.2, 0.25) is 0 Å². The number of rotatable bonds is 3. The second-order valence-electron chi connectivity index (χ2n) is 4.30. The van der Waals surface area contributed by atoms with Gasteiger partial charge in [0.25, 0.3) is 0 Å². The van der Waals surface area contributed by atoms with Crippen LogP contribution in [0.4, 0.5) is 0 Å². The molecule has 0 aromatic heterocycles. The highest BCUT2D eigenvalue weighted by molar-refractivity contribution is 4.50. The first-order valence-electron chi connectivity index (χ1n) is 7.18. The highest BCUT2D eigenvalue weighted by Gasteiger charge is 1.95. The van der Waals surface area contributed by atoms with Crippen molar-refractivity contribution in [1.82, 2.24) is 0 Å². The highest BCUT2D eigenvalue weighted by atomic mass is 14.0. The van der Waals surface area contributed by atoms with E-state index in [-0.39, 0.29) is 0 Å². The lowest BCUT2D eigenvalue weighted by Gasteiger charge is -1.98. The van der Waals surface area contributed by atoms with Crippen molar-refractivity contribution in [2.24, 2.45) is 5.92 Å². The average Bonchev–Trinajstić information content (AvgIpc) is 3.06. The molecule has 0 nitrogen and oxygen atoms in total. The summed E-state index contributed by atoms with van der Waals surface area (Å²) in [6.45, 7) is 15.0. The number of unbranched alkanes of at least 4 members (excludes halogenated alkanes) is 1. The number of hydrogen-bond donors (Lipinski definition) is 0. The van der Waals surface area contributed by atoms with Gasteiger partial charge in [-0.1, -0.05) is 93.4 Å². The molecule has 0 N–H and O–H groups in total. The topological polar surface area (TPSA) is 0 Å². The maximum Gasteiger partial charge on any atom is -0.0471 e. The Bertz CT molecular complexity index is 59.7. The van der Waals surface area contributed by atoms with Gasteiger partial charge in [0.15, 0.2) is 0 Å². The van der Waals surface area contributed by atoms with E-state index in [4.69, 9.17) is 0 Å². The molecule has 1 fully saturated rings. The van der Waals surface area contributed by atoms with Crippen LogP contribution in [0, 0.1) is 5.92 Å². The molecule has 0 unspecified atom stereocenters. The van der Waals surface area contributed by atoms with Gasteiger partial charge in [-0.05, 0) is 5.92 Å². The van der Waals surface area contributed by atoms with Crippen molar-refractivity contribution >= 4 is 0 Å². The molecular formula is C15H36. The van der Waals surface area contributed by atoms with E-state index < -0.39 is 0 Å². The van der Waals surface area contributed by atoms with Crippen LogP contribution in [0.15, 0.2) is 0 Å². The average molecular weight is 216 g/mol. The van der Waals surface area contributed by atoms with E-state index in [0.717, 1.165) is 5.92 Å². The Hall–Kier alpha value is 0. The zero-order valence-electron chi connectivity index (χ0n) is 12.5. The molecule has 0 aromatic carbocycles. The first kappa shape index (κ1) is 20.4. The summed E-state index contributed by atoms with van der Waals surface area (Å²) in [7, 11) is 0. The minimum atomic E-state index is 0.903. The molecule has 0 amide bonds. The second-order valence-corrected chi connectivity index (χ2v) is 4.30. The Morgan fingerprint density at radius 2 is 1.20 bits per heavy atom. The summed E-state index contributed by atoms with van der Waals surface area (Å²) in [5, 5.41) is 0. The van der Waals surface area contributed by atoms with Crippen LogP contribution in [0.25, 0.3) is 0 Å². The van der Waals surface area contributed by atoms with E-state index in [9.17, 15) is 0 Å². The van der Waals surface area contributed by atoms with Crippen molar-refractivity contribution in [2.75, 3.05) is 0 Å². The van der Waals surface area contributed by atoms with Gasteiger partial charge in [0.05, 0.1) is 0 Å². The lowest BCUT2D eigenvalue weighted by molar-refractivity contribution is 0.550. The standard InChI is InChI=1S/C7H16.C3H6.C3H8.C2H6/c1-4-5-6-7(2)3;1-2-3-1;1-3-2;1-2/h7H,4-6H2,1-3H3;1-3H2;3H2,1-2H3;1-2H3. The second kappa shape index (κ2) is 23.7. The quantitative estimate of drug-likeness (QED) is 0.509. The minimum Gasteiger partial charge on any atom is -0.0683 e. The molecule has 0 aliphatic heterocycles. The zero-order valence-corrected chi connectivity index (χ0v) is 12.5. The summed E-state index contributed by atoms with van der Waals surface area (Å²) in [5.74, 6) is 0.903. The van der Waals surface area contributed by atoms with Crippen molar-refractivity contribution in [2.45, 2.75) is 93.4 Å². The maximum atomic E-state index is 2.27. The molecule has 0 spiro atoms.